The van der Waals surface area contributed by atoms with Crippen LogP contribution in [0.5, 0.6) is 0 Å². The van der Waals surface area contributed by atoms with E-state index in [1.807, 2.05) is 13.0 Å². The Morgan fingerprint density at radius 2 is 2.24 bits per heavy atom. The highest BCUT2D eigenvalue weighted by Gasteiger charge is 2.09. The van der Waals surface area contributed by atoms with E-state index in [1.165, 1.54) is 6.07 Å². The first kappa shape index (κ1) is 14.4. The van der Waals surface area contributed by atoms with Crippen LogP contribution in [0.2, 0.25) is 5.02 Å². The fourth-order valence-electron chi connectivity index (χ4n) is 1.68. The van der Waals surface area contributed by atoms with E-state index in [9.17, 15) is 4.39 Å². The molecule has 1 aromatic carbocycles. The minimum absolute atomic E-state index is 0.00486. The molecular weight excluding hydrogens is 241 g/mol. The lowest BCUT2D eigenvalue weighted by Crippen LogP contribution is -2.23. The van der Waals surface area contributed by atoms with Crippen LogP contribution in [-0.2, 0) is 11.2 Å². The highest BCUT2D eigenvalue weighted by atomic mass is 35.5. The highest BCUT2D eigenvalue weighted by molar-refractivity contribution is 6.31. The van der Waals surface area contributed by atoms with E-state index in [0.717, 1.165) is 31.6 Å². The van der Waals surface area contributed by atoms with Gasteiger partial charge in [-0.1, -0.05) is 23.7 Å². The van der Waals surface area contributed by atoms with E-state index in [-0.39, 0.29) is 16.9 Å². The minimum Gasteiger partial charge on any atom is -0.382 e. The molecule has 96 valence electrons. The Hall–Kier alpha value is -0.640. The van der Waals surface area contributed by atoms with E-state index in [1.54, 1.807) is 6.07 Å². The Morgan fingerprint density at radius 3 is 2.94 bits per heavy atom. The molecule has 0 amide bonds. The van der Waals surface area contributed by atoms with Crippen LogP contribution in [0, 0.1) is 5.82 Å². The van der Waals surface area contributed by atoms with Gasteiger partial charge in [-0.05, 0) is 37.8 Å². The van der Waals surface area contributed by atoms with Gasteiger partial charge in [0, 0.05) is 19.3 Å². The van der Waals surface area contributed by atoms with Gasteiger partial charge in [0.2, 0.25) is 0 Å². The second kappa shape index (κ2) is 7.64. The predicted molar refractivity (Wildman–Crippen MR) is 68.8 cm³/mol. The quantitative estimate of drug-likeness (QED) is 0.764. The molecule has 4 heteroatoms. The lowest BCUT2D eigenvalue weighted by Gasteiger charge is -2.12. The van der Waals surface area contributed by atoms with Crippen molar-refractivity contribution < 1.29 is 9.13 Å². The van der Waals surface area contributed by atoms with E-state index in [2.05, 4.69) is 0 Å². The van der Waals surface area contributed by atoms with Crippen molar-refractivity contribution in [3.63, 3.8) is 0 Å². The smallest absolute Gasteiger partial charge is 0.142 e. The van der Waals surface area contributed by atoms with E-state index >= 15 is 0 Å². The van der Waals surface area contributed by atoms with Crippen LogP contribution in [-0.4, -0.2) is 19.3 Å². The third kappa shape index (κ3) is 5.02. The Labute approximate surface area is 107 Å². The van der Waals surface area contributed by atoms with Crippen LogP contribution in [0.4, 0.5) is 4.39 Å². The molecule has 0 aliphatic carbocycles. The third-order valence-electron chi connectivity index (χ3n) is 2.58. The molecule has 0 fully saturated rings. The maximum atomic E-state index is 13.2. The monoisotopic (exact) mass is 259 g/mol. The fourth-order valence-corrected chi connectivity index (χ4v) is 1.89. The van der Waals surface area contributed by atoms with Gasteiger partial charge in [0.25, 0.3) is 0 Å². The Bertz CT molecular complexity index is 346. The Balaban J connectivity index is 2.39. The number of ether oxygens (including phenoxy) is 1. The molecule has 0 saturated heterocycles. The van der Waals surface area contributed by atoms with Gasteiger partial charge in [-0.2, -0.15) is 0 Å². The standard InChI is InChI=1S/C13H19ClFNO/c1-2-17-8-4-6-11(16)9-10-5-3-7-12(15)13(10)14/h3,5,7,11H,2,4,6,8-9,16H2,1H3. The molecule has 0 aliphatic rings. The molecule has 1 atom stereocenters. The summed E-state index contributed by atoms with van der Waals surface area (Å²) in [7, 11) is 0. The summed E-state index contributed by atoms with van der Waals surface area (Å²) >= 11 is 5.87. The lowest BCUT2D eigenvalue weighted by molar-refractivity contribution is 0.142. The number of hydrogen-bond donors (Lipinski definition) is 1. The van der Waals surface area contributed by atoms with Crippen molar-refractivity contribution >= 4 is 11.6 Å². The van der Waals surface area contributed by atoms with Gasteiger partial charge in [0.05, 0.1) is 5.02 Å². The number of benzene rings is 1. The zero-order chi connectivity index (χ0) is 12.7. The molecule has 2 nitrogen and oxygen atoms in total. The Kier molecular flexibility index (Phi) is 6.48. The molecule has 0 saturated carbocycles. The van der Waals surface area contributed by atoms with Crippen molar-refractivity contribution in [1.29, 1.82) is 0 Å². The van der Waals surface area contributed by atoms with E-state index < -0.39 is 0 Å². The van der Waals surface area contributed by atoms with Gasteiger partial charge in [0.15, 0.2) is 0 Å². The molecule has 2 N–H and O–H groups in total. The molecular formula is C13H19ClFNO. The summed E-state index contributed by atoms with van der Waals surface area (Å²) in [5, 5.41) is 0.188. The van der Waals surface area contributed by atoms with Gasteiger partial charge < -0.3 is 10.5 Å². The maximum Gasteiger partial charge on any atom is 0.142 e. The van der Waals surface area contributed by atoms with Gasteiger partial charge in [-0.3, -0.25) is 0 Å². The molecule has 0 aliphatic heterocycles. The molecule has 1 aromatic rings. The molecule has 0 heterocycles. The summed E-state index contributed by atoms with van der Waals surface area (Å²) < 4.78 is 18.4. The molecule has 1 unspecified atom stereocenters. The average Bonchev–Trinajstić information content (AvgIpc) is 2.31. The number of nitrogens with two attached hydrogens (primary N) is 1. The summed E-state index contributed by atoms with van der Waals surface area (Å²) in [6.45, 7) is 3.42. The maximum absolute atomic E-state index is 13.2. The van der Waals surface area contributed by atoms with Crippen LogP contribution < -0.4 is 5.73 Å². The van der Waals surface area contributed by atoms with Crippen LogP contribution in [0.15, 0.2) is 18.2 Å². The van der Waals surface area contributed by atoms with Crippen LogP contribution in [0.1, 0.15) is 25.3 Å². The summed E-state index contributed by atoms with van der Waals surface area (Å²) in [5.74, 6) is -0.384. The van der Waals surface area contributed by atoms with Gasteiger partial charge in [0.1, 0.15) is 5.82 Å². The van der Waals surface area contributed by atoms with Crippen LogP contribution >= 0.6 is 11.6 Å². The van der Waals surface area contributed by atoms with Gasteiger partial charge in [-0.25, -0.2) is 4.39 Å². The fraction of sp³-hybridized carbons (Fsp3) is 0.538. The topological polar surface area (TPSA) is 35.2 Å². The molecule has 0 radical (unpaired) electrons. The summed E-state index contributed by atoms with van der Waals surface area (Å²) in [6, 6.07) is 4.82. The van der Waals surface area contributed by atoms with Crippen molar-refractivity contribution in [1.82, 2.24) is 0 Å². The summed E-state index contributed by atoms with van der Waals surface area (Å²) in [4.78, 5) is 0. The molecule has 17 heavy (non-hydrogen) atoms. The largest absolute Gasteiger partial charge is 0.382 e. The molecule has 0 aromatic heterocycles. The van der Waals surface area contributed by atoms with Gasteiger partial charge >= 0.3 is 0 Å². The molecule has 0 spiro atoms. The second-order valence-electron chi connectivity index (χ2n) is 4.02. The first-order valence-corrected chi connectivity index (χ1v) is 6.29. The van der Waals surface area contributed by atoms with Crippen molar-refractivity contribution in [2.24, 2.45) is 5.73 Å². The average molecular weight is 260 g/mol. The van der Waals surface area contributed by atoms with Crippen LogP contribution in [0.25, 0.3) is 0 Å². The zero-order valence-electron chi connectivity index (χ0n) is 10.1. The van der Waals surface area contributed by atoms with Crippen LogP contribution in [0.3, 0.4) is 0 Å². The number of rotatable bonds is 7. The Morgan fingerprint density at radius 1 is 1.47 bits per heavy atom. The van der Waals surface area contributed by atoms with E-state index in [0.29, 0.717) is 6.42 Å². The minimum atomic E-state index is -0.384. The first-order valence-electron chi connectivity index (χ1n) is 5.91. The van der Waals surface area contributed by atoms with Gasteiger partial charge in [-0.15, -0.1) is 0 Å². The highest BCUT2D eigenvalue weighted by Crippen LogP contribution is 2.21. The van der Waals surface area contributed by atoms with Crippen molar-refractivity contribution in [2.75, 3.05) is 13.2 Å². The number of hydrogen-bond acceptors (Lipinski definition) is 2. The first-order chi connectivity index (χ1) is 8.15. The summed E-state index contributed by atoms with van der Waals surface area (Å²) in [6.07, 6.45) is 2.37. The number of halogens is 2. The van der Waals surface area contributed by atoms with Crippen molar-refractivity contribution in [3.05, 3.63) is 34.6 Å². The normalized spacial score (nSPS) is 12.7. The van der Waals surface area contributed by atoms with Crippen molar-refractivity contribution in [2.45, 2.75) is 32.2 Å². The molecule has 1 rings (SSSR count). The predicted octanol–water partition coefficient (Wildman–Crippen LogP) is 3.17. The zero-order valence-corrected chi connectivity index (χ0v) is 10.8. The summed E-state index contributed by atoms with van der Waals surface area (Å²) in [5.41, 5.74) is 6.74. The third-order valence-corrected chi connectivity index (χ3v) is 3.00. The van der Waals surface area contributed by atoms with E-state index in [4.69, 9.17) is 22.1 Å². The SMILES string of the molecule is CCOCCCC(N)Cc1cccc(F)c1Cl. The second-order valence-corrected chi connectivity index (χ2v) is 4.39. The molecule has 0 bridgehead atoms. The lowest BCUT2D eigenvalue weighted by atomic mass is 10.0. The van der Waals surface area contributed by atoms with Crippen molar-refractivity contribution in [3.8, 4) is 0 Å².